The summed E-state index contributed by atoms with van der Waals surface area (Å²) >= 11 is 0. The lowest BCUT2D eigenvalue weighted by Crippen LogP contribution is -2.16. The zero-order chi connectivity index (χ0) is 13.0. The number of benzene rings is 1. The summed E-state index contributed by atoms with van der Waals surface area (Å²) in [6, 6.07) is 4.03. The molecule has 2 rings (SSSR count). The Bertz CT molecular complexity index is 369. The van der Waals surface area contributed by atoms with Crippen molar-refractivity contribution < 1.29 is 9.84 Å². The van der Waals surface area contributed by atoms with Crippen LogP contribution in [0.25, 0.3) is 0 Å². The van der Waals surface area contributed by atoms with Crippen molar-refractivity contribution in [1.82, 2.24) is 0 Å². The fourth-order valence-electron chi connectivity index (χ4n) is 2.91. The summed E-state index contributed by atoms with van der Waals surface area (Å²) in [6.45, 7) is 5.06. The molecule has 100 valence electrons. The molecule has 2 nitrogen and oxygen atoms in total. The van der Waals surface area contributed by atoms with E-state index in [-0.39, 0.29) is 6.61 Å². The number of hydrogen-bond donors (Lipinski definition) is 1. The molecule has 1 saturated carbocycles. The highest BCUT2D eigenvalue weighted by Gasteiger charge is 2.15. The molecule has 0 amide bonds. The molecule has 1 aromatic rings. The Labute approximate surface area is 110 Å². The maximum Gasteiger partial charge on any atom is 0.125 e. The number of hydrogen-bond acceptors (Lipinski definition) is 2. The van der Waals surface area contributed by atoms with E-state index in [1.54, 1.807) is 0 Å². The fourth-order valence-corrected chi connectivity index (χ4v) is 2.91. The first kappa shape index (κ1) is 13.4. The summed E-state index contributed by atoms with van der Waals surface area (Å²) < 4.78 is 6.02. The van der Waals surface area contributed by atoms with Gasteiger partial charge in [-0.25, -0.2) is 0 Å². The van der Waals surface area contributed by atoms with Crippen molar-refractivity contribution in [2.75, 3.05) is 6.61 Å². The molecule has 0 saturated heterocycles. The molecule has 0 spiro atoms. The van der Waals surface area contributed by atoms with Crippen molar-refractivity contribution >= 4 is 0 Å². The van der Waals surface area contributed by atoms with Gasteiger partial charge in [0.2, 0.25) is 0 Å². The minimum atomic E-state index is 0.102. The summed E-state index contributed by atoms with van der Waals surface area (Å²) in [5.41, 5.74) is 3.24. The van der Waals surface area contributed by atoms with Gasteiger partial charge in [-0.3, -0.25) is 0 Å². The van der Waals surface area contributed by atoms with Gasteiger partial charge in [-0.2, -0.15) is 0 Å². The van der Waals surface area contributed by atoms with Gasteiger partial charge in [-0.1, -0.05) is 31.4 Å². The first-order valence-corrected chi connectivity index (χ1v) is 7.04. The number of rotatable bonds is 4. The minimum Gasteiger partial charge on any atom is -0.493 e. The Morgan fingerprint density at radius 3 is 2.28 bits per heavy atom. The lowest BCUT2D eigenvalue weighted by atomic mass is 9.90. The standard InChI is InChI=1S/C16H24O2/c1-12-8-15(10-17)9-13(2)16(12)18-11-14-6-4-3-5-7-14/h8-9,14,17H,3-7,10-11H2,1-2H3. The second-order valence-corrected chi connectivity index (χ2v) is 5.53. The third kappa shape index (κ3) is 3.26. The average molecular weight is 248 g/mol. The Morgan fingerprint density at radius 1 is 1.11 bits per heavy atom. The smallest absolute Gasteiger partial charge is 0.125 e. The van der Waals surface area contributed by atoms with Gasteiger partial charge in [0, 0.05) is 0 Å². The predicted octanol–water partition coefficient (Wildman–Crippen LogP) is 3.75. The Kier molecular flexibility index (Phi) is 4.65. The van der Waals surface area contributed by atoms with Gasteiger partial charge in [-0.05, 0) is 49.3 Å². The van der Waals surface area contributed by atoms with Crippen LogP contribution in [0.3, 0.4) is 0 Å². The fraction of sp³-hybridized carbons (Fsp3) is 0.625. The normalized spacial score (nSPS) is 16.8. The SMILES string of the molecule is Cc1cc(CO)cc(C)c1OCC1CCCCC1. The molecule has 1 fully saturated rings. The topological polar surface area (TPSA) is 29.5 Å². The quantitative estimate of drug-likeness (QED) is 0.879. The van der Waals surface area contributed by atoms with Crippen molar-refractivity contribution in [2.24, 2.45) is 5.92 Å². The van der Waals surface area contributed by atoms with Gasteiger partial charge in [0.1, 0.15) is 5.75 Å². The van der Waals surface area contributed by atoms with Gasteiger partial charge in [0.05, 0.1) is 13.2 Å². The third-order valence-corrected chi connectivity index (χ3v) is 3.89. The summed E-state index contributed by atoms with van der Waals surface area (Å²) in [7, 11) is 0. The third-order valence-electron chi connectivity index (χ3n) is 3.89. The van der Waals surface area contributed by atoms with Crippen molar-refractivity contribution in [3.63, 3.8) is 0 Å². The highest BCUT2D eigenvalue weighted by molar-refractivity contribution is 5.43. The molecule has 0 atom stereocenters. The largest absolute Gasteiger partial charge is 0.493 e. The molecular weight excluding hydrogens is 224 g/mol. The number of aliphatic hydroxyl groups is 1. The van der Waals surface area contributed by atoms with Crippen LogP contribution in [-0.4, -0.2) is 11.7 Å². The highest BCUT2D eigenvalue weighted by atomic mass is 16.5. The number of ether oxygens (including phenoxy) is 1. The molecule has 1 aliphatic rings. The zero-order valence-corrected chi connectivity index (χ0v) is 11.5. The molecule has 1 aromatic carbocycles. The van der Waals surface area contributed by atoms with E-state index in [2.05, 4.69) is 13.8 Å². The second-order valence-electron chi connectivity index (χ2n) is 5.53. The van der Waals surface area contributed by atoms with Gasteiger partial charge in [0.25, 0.3) is 0 Å². The molecule has 1 aliphatic carbocycles. The maximum absolute atomic E-state index is 9.17. The van der Waals surface area contributed by atoms with Crippen molar-refractivity contribution in [3.05, 3.63) is 28.8 Å². The van der Waals surface area contributed by atoms with E-state index >= 15 is 0 Å². The van der Waals surface area contributed by atoms with E-state index in [4.69, 9.17) is 4.74 Å². The molecule has 0 aliphatic heterocycles. The molecule has 18 heavy (non-hydrogen) atoms. The second kappa shape index (κ2) is 6.24. The van der Waals surface area contributed by atoms with Crippen molar-refractivity contribution in [3.8, 4) is 5.75 Å². The van der Waals surface area contributed by atoms with Crippen molar-refractivity contribution in [2.45, 2.75) is 52.6 Å². The lowest BCUT2D eigenvalue weighted by molar-refractivity contribution is 0.206. The molecule has 0 heterocycles. The number of aliphatic hydroxyl groups excluding tert-OH is 1. The monoisotopic (exact) mass is 248 g/mol. The molecule has 0 bridgehead atoms. The van der Waals surface area contributed by atoms with Gasteiger partial charge in [-0.15, -0.1) is 0 Å². The molecule has 0 aromatic heterocycles. The van der Waals surface area contributed by atoms with Gasteiger partial charge >= 0.3 is 0 Å². The molecule has 2 heteroatoms. The molecule has 1 N–H and O–H groups in total. The summed E-state index contributed by atoms with van der Waals surface area (Å²) in [4.78, 5) is 0. The lowest BCUT2D eigenvalue weighted by Gasteiger charge is -2.23. The molecule has 0 radical (unpaired) electrons. The van der Waals surface area contributed by atoms with E-state index < -0.39 is 0 Å². The van der Waals surface area contributed by atoms with E-state index in [0.29, 0.717) is 0 Å². The van der Waals surface area contributed by atoms with Gasteiger partial charge in [0.15, 0.2) is 0 Å². The molecular formula is C16H24O2. The summed E-state index contributed by atoms with van der Waals surface area (Å²) in [5, 5.41) is 9.17. The number of aryl methyl sites for hydroxylation is 2. The van der Waals surface area contributed by atoms with E-state index in [1.165, 1.54) is 32.1 Å². The van der Waals surface area contributed by atoms with Crippen molar-refractivity contribution in [1.29, 1.82) is 0 Å². The van der Waals surface area contributed by atoms with Crippen LogP contribution in [0.15, 0.2) is 12.1 Å². The van der Waals surface area contributed by atoms with Crippen LogP contribution in [0.4, 0.5) is 0 Å². The Morgan fingerprint density at radius 2 is 1.72 bits per heavy atom. The first-order valence-electron chi connectivity index (χ1n) is 7.04. The van der Waals surface area contributed by atoms with Crippen LogP contribution in [0.5, 0.6) is 5.75 Å². The van der Waals surface area contributed by atoms with Crippen LogP contribution in [0.1, 0.15) is 48.8 Å². The van der Waals surface area contributed by atoms with Crippen LogP contribution in [0.2, 0.25) is 0 Å². The summed E-state index contributed by atoms with van der Waals surface area (Å²) in [6.07, 6.45) is 6.73. The predicted molar refractivity (Wildman–Crippen MR) is 73.9 cm³/mol. The van der Waals surface area contributed by atoms with E-state index in [0.717, 1.165) is 35.0 Å². The average Bonchev–Trinajstić information content (AvgIpc) is 2.38. The Hall–Kier alpha value is -1.02. The van der Waals surface area contributed by atoms with Crippen LogP contribution < -0.4 is 4.74 Å². The summed E-state index contributed by atoms with van der Waals surface area (Å²) in [5.74, 6) is 1.74. The van der Waals surface area contributed by atoms with E-state index in [9.17, 15) is 5.11 Å². The zero-order valence-electron chi connectivity index (χ0n) is 11.5. The highest BCUT2D eigenvalue weighted by Crippen LogP contribution is 2.28. The van der Waals surface area contributed by atoms with Crippen LogP contribution >= 0.6 is 0 Å². The van der Waals surface area contributed by atoms with Crippen LogP contribution in [-0.2, 0) is 6.61 Å². The maximum atomic E-state index is 9.17. The molecule has 0 unspecified atom stereocenters. The van der Waals surface area contributed by atoms with Gasteiger partial charge < -0.3 is 9.84 Å². The minimum absolute atomic E-state index is 0.102. The van der Waals surface area contributed by atoms with E-state index in [1.807, 2.05) is 12.1 Å². The van der Waals surface area contributed by atoms with Crippen LogP contribution in [0, 0.1) is 19.8 Å². The Balaban J connectivity index is 2.00. The first-order chi connectivity index (χ1) is 8.70.